The quantitative estimate of drug-likeness (QED) is 0.542. The van der Waals surface area contributed by atoms with Gasteiger partial charge in [-0.15, -0.1) is 11.8 Å². The van der Waals surface area contributed by atoms with Gasteiger partial charge in [-0.2, -0.15) is 0 Å². The minimum atomic E-state index is -0.394. The normalized spacial score (nSPS) is 28.9. The fraction of sp³-hybridized carbons (Fsp3) is 0.571. The molecule has 2 nitrogen and oxygen atoms in total. The van der Waals surface area contributed by atoms with Crippen molar-refractivity contribution in [3.63, 3.8) is 0 Å². The number of allylic oxidation sites excluding steroid dienone is 1. The van der Waals surface area contributed by atoms with Crippen molar-refractivity contribution in [2.24, 2.45) is 0 Å². The Labute approximate surface area is 78.5 Å². The van der Waals surface area contributed by atoms with Gasteiger partial charge >= 0.3 is 5.97 Å². The first-order chi connectivity index (χ1) is 5.25. The fourth-order valence-corrected chi connectivity index (χ4v) is 2.67. The van der Waals surface area contributed by atoms with Crippen LogP contribution in [0.4, 0.5) is 0 Å². The van der Waals surface area contributed by atoms with Crippen LogP contribution >= 0.6 is 27.7 Å². The van der Waals surface area contributed by atoms with Crippen molar-refractivity contribution in [1.82, 2.24) is 0 Å². The molecule has 0 saturated heterocycles. The van der Waals surface area contributed by atoms with E-state index in [0.29, 0.717) is 5.33 Å². The summed E-state index contributed by atoms with van der Waals surface area (Å²) in [6.07, 6.45) is 2.75. The van der Waals surface area contributed by atoms with Crippen LogP contribution < -0.4 is 0 Å². The van der Waals surface area contributed by atoms with Gasteiger partial charge in [-0.05, 0) is 11.8 Å². The molecule has 0 saturated carbocycles. The van der Waals surface area contributed by atoms with Gasteiger partial charge in [0.2, 0.25) is 0 Å². The van der Waals surface area contributed by atoms with Gasteiger partial charge in [-0.25, -0.2) is 0 Å². The Morgan fingerprint density at radius 2 is 2.64 bits per heavy atom. The van der Waals surface area contributed by atoms with Crippen molar-refractivity contribution in [3.05, 3.63) is 11.5 Å². The number of halogens is 1. The summed E-state index contributed by atoms with van der Waals surface area (Å²) in [5.41, 5.74) is 0. The van der Waals surface area contributed by atoms with Gasteiger partial charge in [0.15, 0.2) is 0 Å². The monoisotopic (exact) mass is 236 g/mol. The number of alkyl halides is 1. The second-order valence-corrected chi connectivity index (χ2v) is 4.16. The lowest BCUT2D eigenvalue weighted by molar-refractivity contribution is -0.142. The van der Waals surface area contributed by atoms with E-state index in [1.807, 2.05) is 11.5 Å². The number of hydrogen-bond donors (Lipinski definition) is 0. The predicted molar refractivity (Wildman–Crippen MR) is 49.9 cm³/mol. The lowest BCUT2D eigenvalue weighted by Gasteiger charge is -2.21. The molecule has 0 N–H and O–H groups in total. The Bertz CT molecular complexity index is 183. The van der Waals surface area contributed by atoms with Crippen molar-refractivity contribution >= 4 is 33.7 Å². The zero-order valence-electron chi connectivity index (χ0n) is 6.17. The highest BCUT2D eigenvalue weighted by atomic mass is 79.9. The number of hydrogen-bond acceptors (Lipinski definition) is 3. The van der Waals surface area contributed by atoms with Crippen LogP contribution in [0.15, 0.2) is 11.5 Å². The first-order valence-corrected chi connectivity index (χ1v) is 5.22. The third-order valence-electron chi connectivity index (χ3n) is 1.61. The average molecular weight is 237 g/mol. The molecule has 1 aliphatic heterocycles. The lowest BCUT2D eigenvalue weighted by Crippen LogP contribution is -2.35. The molecule has 1 unspecified atom stereocenters. The Morgan fingerprint density at radius 3 is 3.00 bits per heavy atom. The van der Waals surface area contributed by atoms with Crippen molar-refractivity contribution in [1.29, 1.82) is 0 Å². The highest BCUT2D eigenvalue weighted by Gasteiger charge is 2.40. The van der Waals surface area contributed by atoms with Crippen LogP contribution in [-0.2, 0) is 9.53 Å². The summed E-state index contributed by atoms with van der Waals surface area (Å²) in [7, 11) is 1.42. The van der Waals surface area contributed by atoms with Crippen LogP contribution in [-0.4, -0.2) is 23.2 Å². The molecule has 1 aliphatic rings. The van der Waals surface area contributed by atoms with Crippen LogP contribution in [0, 0.1) is 0 Å². The van der Waals surface area contributed by atoms with E-state index >= 15 is 0 Å². The first-order valence-electron chi connectivity index (χ1n) is 3.22. The van der Waals surface area contributed by atoms with Gasteiger partial charge in [0.1, 0.15) is 4.75 Å². The molecule has 4 heteroatoms. The number of carbonyl (C=O) groups excluding carboxylic acids is 1. The molecular formula is C7H9BrO2S. The van der Waals surface area contributed by atoms with Gasteiger partial charge in [-0.1, -0.05) is 22.0 Å². The van der Waals surface area contributed by atoms with E-state index in [2.05, 4.69) is 15.9 Å². The summed E-state index contributed by atoms with van der Waals surface area (Å²) in [5.74, 6) is -0.149. The summed E-state index contributed by atoms with van der Waals surface area (Å²) >= 11 is 4.83. The number of carbonyl (C=O) groups is 1. The largest absolute Gasteiger partial charge is 0.468 e. The average Bonchev–Trinajstić information content (AvgIpc) is 2.52. The SMILES string of the molecule is COC(=O)C1(CBr)CC=CS1. The second-order valence-electron chi connectivity index (χ2n) is 2.31. The van der Waals surface area contributed by atoms with Gasteiger partial charge in [0.05, 0.1) is 7.11 Å². The molecular weight excluding hydrogens is 228 g/mol. The second kappa shape index (κ2) is 3.63. The number of esters is 1. The number of thioether (sulfide) groups is 1. The maximum Gasteiger partial charge on any atom is 0.323 e. The summed E-state index contributed by atoms with van der Waals surface area (Å²) < 4.78 is 4.30. The number of rotatable bonds is 2. The van der Waals surface area contributed by atoms with Crippen LogP contribution in [0.25, 0.3) is 0 Å². The molecule has 1 rings (SSSR count). The van der Waals surface area contributed by atoms with Crippen LogP contribution in [0.1, 0.15) is 6.42 Å². The molecule has 1 atom stereocenters. The first kappa shape index (κ1) is 9.13. The van der Waals surface area contributed by atoms with E-state index in [9.17, 15) is 4.79 Å². The van der Waals surface area contributed by atoms with Crippen molar-refractivity contribution in [2.45, 2.75) is 11.2 Å². The third-order valence-corrected chi connectivity index (χ3v) is 4.20. The molecule has 0 aromatic carbocycles. The van der Waals surface area contributed by atoms with E-state index in [1.54, 1.807) is 0 Å². The van der Waals surface area contributed by atoms with Gasteiger partial charge in [0.25, 0.3) is 0 Å². The standard InChI is InChI=1S/C7H9BrO2S/c1-10-6(9)7(5-8)3-2-4-11-7/h2,4H,3,5H2,1H3. The van der Waals surface area contributed by atoms with E-state index < -0.39 is 4.75 Å². The van der Waals surface area contributed by atoms with Gasteiger partial charge < -0.3 is 4.74 Å². The smallest absolute Gasteiger partial charge is 0.323 e. The highest BCUT2D eigenvalue weighted by molar-refractivity contribution is 9.09. The summed E-state index contributed by atoms with van der Waals surface area (Å²) in [6, 6.07) is 0. The lowest BCUT2D eigenvalue weighted by atomic mass is 10.1. The molecule has 0 radical (unpaired) electrons. The molecule has 0 aromatic heterocycles. The van der Waals surface area contributed by atoms with Crippen molar-refractivity contribution < 1.29 is 9.53 Å². The molecule has 0 fully saturated rings. The fourth-order valence-electron chi connectivity index (χ4n) is 0.923. The van der Waals surface area contributed by atoms with E-state index in [-0.39, 0.29) is 5.97 Å². The Hall–Kier alpha value is 0.0400. The van der Waals surface area contributed by atoms with E-state index in [4.69, 9.17) is 4.74 Å². The molecule has 0 bridgehead atoms. The van der Waals surface area contributed by atoms with Crippen LogP contribution in [0.5, 0.6) is 0 Å². The summed E-state index contributed by atoms with van der Waals surface area (Å²) in [4.78, 5) is 11.3. The Morgan fingerprint density at radius 1 is 1.91 bits per heavy atom. The summed E-state index contributed by atoms with van der Waals surface area (Å²) in [6.45, 7) is 0. The molecule has 62 valence electrons. The minimum Gasteiger partial charge on any atom is -0.468 e. The third kappa shape index (κ3) is 1.62. The van der Waals surface area contributed by atoms with Gasteiger partial charge in [0, 0.05) is 5.33 Å². The number of methoxy groups -OCH3 is 1. The molecule has 0 aromatic rings. The number of ether oxygens (including phenoxy) is 1. The molecule has 0 amide bonds. The molecule has 0 spiro atoms. The van der Waals surface area contributed by atoms with Gasteiger partial charge in [-0.3, -0.25) is 4.79 Å². The zero-order chi connectivity index (χ0) is 8.32. The van der Waals surface area contributed by atoms with Crippen LogP contribution in [0.2, 0.25) is 0 Å². The highest BCUT2D eigenvalue weighted by Crippen LogP contribution is 2.38. The molecule has 0 aliphatic carbocycles. The van der Waals surface area contributed by atoms with Crippen LogP contribution in [0.3, 0.4) is 0 Å². The maximum atomic E-state index is 11.3. The Kier molecular flexibility index (Phi) is 3.01. The zero-order valence-corrected chi connectivity index (χ0v) is 8.57. The summed E-state index contributed by atoms with van der Waals surface area (Å²) in [5, 5.41) is 2.59. The Balaban J connectivity index is 2.69. The van der Waals surface area contributed by atoms with E-state index in [0.717, 1.165) is 6.42 Å². The molecule has 1 heterocycles. The minimum absolute atomic E-state index is 0.149. The predicted octanol–water partition coefficient (Wildman–Crippen LogP) is 1.94. The molecule has 11 heavy (non-hydrogen) atoms. The van der Waals surface area contributed by atoms with Crippen molar-refractivity contribution in [3.8, 4) is 0 Å². The topological polar surface area (TPSA) is 26.3 Å². The van der Waals surface area contributed by atoms with Crippen molar-refractivity contribution in [2.75, 3.05) is 12.4 Å². The van der Waals surface area contributed by atoms with E-state index in [1.165, 1.54) is 18.9 Å². The maximum absolute atomic E-state index is 11.3.